The zero-order valence-electron chi connectivity index (χ0n) is 15.3. The Morgan fingerprint density at radius 3 is 2.35 bits per heavy atom. The topological polar surface area (TPSA) is 9.23 Å². The molecule has 1 aliphatic carbocycles. The minimum Gasteiger partial charge on any atom is -0.377 e. The van der Waals surface area contributed by atoms with E-state index in [1.807, 2.05) is 19.1 Å². The Labute approximate surface area is 160 Å². The highest BCUT2D eigenvalue weighted by atomic mass is 35.5. The quantitative estimate of drug-likeness (QED) is 0.527. The van der Waals surface area contributed by atoms with Crippen LogP contribution in [0.25, 0.3) is 11.1 Å². The largest absolute Gasteiger partial charge is 0.377 e. The van der Waals surface area contributed by atoms with Crippen molar-refractivity contribution in [3.8, 4) is 11.1 Å². The van der Waals surface area contributed by atoms with Crippen molar-refractivity contribution in [1.82, 2.24) is 0 Å². The maximum atomic E-state index is 14.2. The number of halogens is 2. The second kappa shape index (κ2) is 9.34. The lowest BCUT2D eigenvalue weighted by molar-refractivity contribution is 0.131. The molecular formula is C23H26ClFO. The maximum Gasteiger partial charge on any atom is 0.129 e. The Morgan fingerprint density at radius 1 is 1.04 bits per heavy atom. The molecule has 0 N–H and O–H groups in total. The van der Waals surface area contributed by atoms with Crippen LogP contribution >= 0.6 is 11.6 Å². The van der Waals surface area contributed by atoms with Crippen molar-refractivity contribution in [1.29, 1.82) is 0 Å². The first-order chi connectivity index (χ1) is 12.7. The van der Waals surface area contributed by atoms with E-state index in [2.05, 4.69) is 30.3 Å². The van der Waals surface area contributed by atoms with Gasteiger partial charge in [-0.25, -0.2) is 4.39 Å². The molecule has 2 aromatic carbocycles. The molecule has 0 heterocycles. The van der Waals surface area contributed by atoms with Gasteiger partial charge >= 0.3 is 0 Å². The smallest absolute Gasteiger partial charge is 0.129 e. The van der Waals surface area contributed by atoms with Gasteiger partial charge in [0.25, 0.3) is 0 Å². The Kier molecular flexibility index (Phi) is 6.87. The molecule has 0 saturated heterocycles. The van der Waals surface area contributed by atoms with Crippen molar-refractivity contribution in [3.63, 3.8) is 0 Å². The van der Waals surface area contributed by atoms with E-state index < -0.39 is 0 Å². The fourth-order valence-electron chi connectivity index (χ4n) is 3.75. The van der Waals surface area contributed by atoms with Crippen molar-refractivity contribution >= 4 is 11.6 Å². The molecule has 0 spiro atoms. The second-order valence-electron chi connectivity index (χ2n) is 7.00. The van der Waals surface area contributed by atoms with Gasteiger partial charge in [-0.3, -0.25) is 0 Å². The molecule has 1 fully saturated rings. The van der Waals surface area contributed by atoms with Crippen LogP contribution in [-0.2, 0) is 11.3 Å². The molecule has 3 heteroatoms. The summed E-state index contributed by atoms with van der Waals surface area (Å²) in [6.07, 6.45) is 6.91. The first kappa shape index (κ1) is 19.1. The number of hydrogen-bond donors (Lipinski definition) is 0. The van der Waals surface area contributed by atoms with E-state index in [1.54, 1.807) is 11.6 Å². The highest BCUT2D eigenvalue weighted by Crippen LogP contribution is 2.37. The molecule has 0 unspecified atom stereocenters. The molecule has 0 aliphatic heterocycles. The zero-order valence-corrected chi connectivity index (χ0v) is 16.0. The lowest BCUT2D eigenvalue weighted by Gasteiger charge is -2.27. The summed E-state index contributed by atoms with van der Waals surface area (Å²) in [5.74, 6) is 1.04. The molecule has 1 aliphatic rings. The lowest BCUT2D eigenvalue weighted by Crippen LogP contribution is -2.11. The molecule has 2 aromatic rings. The van der Waals surface area contributed by atoms with Crippen LogP contribution in [0.4, 0.5) is 4.39 Å². The van der Waals surface area contributed by atoms with Gasteiger partial charge in [-0.1, -0.05) is 54.1 Å². The molecule has 1 nitrogen and oxygen atoms in total. The van der Waals surface area contributed by atoms with E-state index in [9.17, 15) is 4.39 Å². The Morgan fingerprint density at radius 2 is 1.73 bits per heavy atom. The van der Waals surface area contributed by atoms with Crippen molar-refractivity contribution in [2.75, 3.05) is 6.61 Å². The first-order valence-corrected chi connectivity index (χ1v) is 9.88. The van der Waals surface area contributed by atoms with Gasteiger partial charge in [0, 0.05) is 17.7 Å². The van der Waals surface area contributed by atoms with Gasteiger partial charge in [-0.05, 0) is 67.2 Å². The van der Waals surface area contributed by atoms with Gasteiger partial charge < -0.3 is 4.74 Å². The molecule has 0 bridgehead atoms. The van der Waals surface area contributed by atoms with E-state index in [1.165, 1.54) is 31.2 Å². The van der Waals surface area contributed by atoms with Crippen LogP contribution in [0.1, 0.15) is 49.7 Å². The van der Waals surface area contributed by atoms with Crippen LogP contribution in [0.2, 0.25) is 0 Å². The number of benzene rings is 2. The molecule has 0 amide bonds. The second-order valence-corrected chi connectivity index (χ2v) is 7.25. The van der Waals surface area contributed by atoms with Gasteiger partial charge in [0.1, 0.15) is 5.82 Å². The molecule has 0 aromatic heterocycles. The van der Waals surface area contributed by atoms with Crippen LogP contribution in [-0.4, -0.2) is 6.61 Å². The summed E-state index contributed by atoms with van der Waals surface area (Å²) in [6.45, 7) is 2.82. The summed E-state index contributed by atoms with van der Waals surface area (Å²) in [5, 5.41) is 0. The third kappa shape index (κ3) is 4.75. The molecule has 3 rings (SSSR count). The molecule has 0 atom stereocenters. The number of allylic oxidation sites excluding steroid dienone is 1. The Balaban J connectivity index is 1.67. The van der Waals surface area contributed by atoms with Crippen LogP contribution < -0.4 is 0 Å². The first-order valence-electron chi connectivity index (χ1n) is 9.44. The summed E-state index contributed by atoms with van der Waals surface area (Å²) in [4.78, 5) is 0. The molecule has 26 heavy (non-hydrogen) atoms. The monoisotopic (exact) mass is 372 g/mol. The van der Waals surface area contributed by atoms with Gasteiger partial charge in [0.05, 0.1) is 6.61 Å². The number of hydrogen-bond acceptors (Lipinski definition) is 1. The fourth-order valence-corrected chi connectivity index (χ4v) is 3.96. The third-order valence-corrected chi connectivity index (χ3v) is 5.49. The molecule has 1 saturated carbocycles. The highest BCUT2D eigenvalue weighted by Gasteiger charge is 2.20. The molecular weight excluding hydrogens is 347 g/mol. The van der Waals surface area contributed by atoms with E-state index in [-0.39, 0.29) is 5.82 Å². The minimum atomic E-state index is -0.203. The predicted octanol–water partition coefficient (Wildman–Crippen LogP) is 7.06. The van der Waals surface area contributed by atoms with Crippen LogP contribution in [0.3, 0.4) is 0 Å². The van der Waals surface area contributed by atoms with Crippen molar-refractivity contribution < 1.29 is 9.13 Å². The summed E-state index contributed by atoms with van der Waals surface area (Å²) < 4.78 is 19.5. The third-order valence-electron chi connectivity index (χ3n) is 5.35. The zero-order chi connectivity index (χ0) is 18.4. The van der Waals surface area contributed by atoms with E-state index in [0.29, 0.717) is 30.6 Å². The Bertz CT molecular complexity index is 730. The summed E-state index contributed by atoms with van der Waals surface area (Å²) in [5.41, 5.74) is 5.60. The number of ether oxygens (including phenoxy) is 1. The van der Waals surface area contributed by atoms with Crippen LogP contribution in [0.15, 0.2) is 54.1 Å². The highest BCUT2D eigenvalue weighted by molar-refractivity contribution is 6.25. The number of rotatable bonds is 6. The van der Waals surface area contributed by atoms with Gasteiger partial charge in [0.15, 0.2) is 0 Å². The van der Waals surface area contributed by atoms with E-state index >= 15 is 0 Å². The maximum absolute atomic E-state index is 14.2. The molecule has 0 radical (unpaired) electrons. The van der Waals surface area contributed by atoms with Crippen molar-refractivity contribution in [2.24, 2.45) is 5.92 Å². The van der Waals surface area contributed by atoms with Crippen LogP contribution in [0.5, 0.6) is 0 Å². The van der Waals surface area contributed by atoms with E-state index in [0.717, 1.165) is 11.1 Å². The summed E-state index contributed by atoms with van der Waals surface area (Å²) in [6, 6.07) is 14.0. The van der Waals surface area contributed by atoms with E-state index in [4.69, 9.17) is 16.3 Å². The van der Waals surface area contributed by atoms with Crippen molar-refractivity contribution in [3.05, 3.63) is 71.0 Å². The van der Waals surface area contributed by atoms with Gasteiger partial charge in [-0.15, -0.1) is 0 Å². The van der Waals surface area contributed by atoms with Crippen molar-refractivity contribution in [2.45, 2.75) is 45.1 Å². The average Bonchev–Trinajstić information content (AvgIpc) is 2.68. The fraction of sp³-hybridized carbons (Fsp3) is 0.391. The normalized spacial score (nSPS) is 20.6. The summed E-state index contributed by atoms with van der Waals surface area (Å²) in [7, 11) is 0. The predicted molar refractivity (Wildman–Crippen MR) is 107 cm³/mol. The Hall–Kier alpha value is -1.64. The lowest BCUT2D eigenvalue weighted by atomic mass is 9.78. The average molecular weight is 373 g/mol. The van der Waals surface area contributed by atoms with Gasteiger partial charge in [-0.2, -0.15) is 0 Å². The summed E-state index contributed by atoms with van der Waals surface area (Å²) >= 11 is 5.70. The van der Waals surface area contributed by atoms with Crippen LogP contribution in [0, 0.1) is 11.7 Å². The van der Waals surface area contributed by atoms with Gasteiger partial charge in [0.2, 0.25) is 0 Å². The standard InChI is InChI=1S/C23H26ClFO/c1-2-26-16-22-12-11-21(15-23(22)25)20-9-7-19(8-10-20)18-5-3-17(4-6-18)13-14-24/h7-15,17-18H,2-6,16H2,1H3/b14-13+. The molecule has 138 valence electrons. The SMILES string of the molecule is CCOCc1ccc(-c2ccc(C3CCC(/C=C/Cl)CC3)cc2)cc1F. The minimum absolute atomic E-state index is 0.203.